The van der Waals surface area contributed by atoms with Crippen molar-refractivity contribution in [3.8, 4) is 0 Å². The topological polar surface area (TPSA) is 120 Å². The summed E-state index contributed by atoms with van der Waals surface area (Å²) in [4.78, 5) is 25.6. The molecular formula is C40H82ClN5O2. The first-order valence-corrected chi connectivity index (χ1v) is 20.7. The fraction of sp³-hybridized carbons (Fsp3) is 0.925. The molecular weight excluding hydrogens is 618 g/mol. The number of nitrogens with one attached hydrogen (secondary N) is 4. The van der Waals surface area contributed by atoms with Crippen LogP contribution in [-0.2, 0) is 9.59 Å². The van der Waals surface area contributed by atoms with Crippen LogP contribution in [-0.4, -0.2) is 36.9 Å². The summed E-state index contributed by atoms with van der Waals surface area (Å²) in [7, 11) is 0. The summed E-state index contributed by atoms with van der Waals surface area (Å²) in [5.41, 5.74) is 5.39. The molecule has 286 valence electrons. The summed E-state index contributed by atoms with van der Waals surface area (Å²) >= 11 is 0. The molecule has 0 aliphatic rings. The summed E-state index contributed by atoms with van der Waals surface area (Å²) in [6.45, 7) is 5.72. The number of guanidine groups is 1. The van der Waals surface area contributed by atoms with Gasteiger partial charge in [0.05, 0.1) is 0 Å². The first kappa shape index (κ1) is 48.6. The van der Waals surface area contributed by atoms with E-state index in [1.165, 1.54) is 161 Å². The first-order chi connectivity index (χ1) is 23.0. The molecule has 0 unspecified atom stereocenters. The van der Waals surface area contributed by atoms with Crippen molar-refractivity contribution >= 4 is 30.2 Å². The molecule has 0 heterocycles. The second-order valence-electron chi connectivity index (χ2n) is 14.2. The lowest BCUT2D eigenvalue weighted by Crippen LogP contribution is -2.47. The third kappa shape index (κ3) is 37.3. The fourth-order valence-electron chi connectivity index (χ4n) is 6.38. The second kappa shape index (κ2) is 39.9. The van der Waals surface area contributed by atoms with Gasteiger partial charge in [0, 0.05) is 19.5 Å². The first-order valence-electron chi connectivity index (χ1n) is 20.7. The Bertz CT molecular complexity index is 709. The molecule has 7 nitrogen and oxygen atoms in total. The van der Waals surface area contributed by atoms with E-state index in [2.05, 4.69) is 29.8 Å². The van der Waals surface area contributed by atoms with Gasteiger partial charge in [-0.15, -0.1) is 12.4 Å². The molecule has 0 aromatic heterocycles. The normalized spacial score (nSPS) is 11.5. The number of amides is 2. The molecule has 0 radical (unpaired) electrons. The summed E-state index contributed by atoms with van der Waals surface area (Å²) in [6.07, 6.45) is 39.7. The van der Waals surface area contributed by atoms with Crippen molar-refractivity contribution in [3.63, 3.8) is 0 Å². The SMILES string of the molecule is CCCCCCCCCCCCCCCCCCCCCC(=O)N[C@@H](CCCNC(=N)N)C(=O)NCCCCCCCCCCCC.Cl. The molecule has 0 aromatic carbocycles. The maximum atomic E-state index is 12.9. The van der Waals surface area contributed by atoms with Crippen molar-refractivity contribution in [2.24, 2.45) is 5.73 Å². The predicted molar refractivity (Wildman–Crippen MR) is 211 cm³/mol. The van der Waals surface area contributed by atoms with Crippen LogP contribution in [0.4, 0.5) is 0 Å². The van der Waals surface area contributed by atoms with E-state index in [1.807, 2.05) is 0 Å². The molecule has 0 aliphatic carbocycles. The van der Waals surface area contributed by atoms with Crippen molar-refractivity contribution in [2.45, 2.75) is 225 Å². The Morgan fingerprint density at radius 3 is 1.21 bits per heavy atom. The molecule has 0 saturated carbocycles. The molecule has 0 spiro atoms. The fourth-order valence-corrected chi connectivity index (χ4v) is 6.38. The number of hydrogen-bond acceptors (Lipinski definition) is 3. The Hall–Kier alpha value is -1.50. The highest BCUT2D eigenvalue weighted by Crippen LogP contribution is 2.15. The Morgan fingerprint density at radius 1 is 0.500 bits per heavy atom. The van der Waals surface area contributed by atoms with Crippen LogP contribution < -0.4 is 21.7 Å². The lowest BCUT2D eigenvalue weighted by atomic mass is 10.0. The van der Waals surface area contributed by atoms with Gasteiger partial charge in [-0.2, -0.15) is 0 Å². The largest absolute Gasteiger partial charge is 0.370 e. The van der Waals surface area contributed by atoms with E-state index in [0.29, 0.717) is 32.4 Å². The van der Waals surface area contributed by atoms with Crippen molar-refractivity contribution < 1.29 is 9.59 Å². The van der Waals surface area contributed by atoms with Gasteiger partial charge in [-0.05, 0) is 25.7 Å². The van der Waals surface area contributed by atoms with Crippen molar-refractivity contribution in [1.29, 1.82) is 5.41 Å². The van der Waals surface area contributed by atoms with E-state index in [4.69, 9.17) is 11.1 Å². The Balaban J connectivity index is 0. The number of rotatable bonds is 37. The van der Waals surface area contributed by atoms with E-state index in [-0.39, 0.29) is 30.2 Å². The van der Waals surface area contributed by atoms with Crippen molar-refractivity contribution in [3.05, 3.63) is 0 Å². The number of unbranched alkanes of at least 4 members (excludes halogenated alkanes) is 27. The Labute approximate surface area is 304 Å². The zero-order chi connectivity index (χ0) is 34.5. The van der Waals surface area contributed by atoms with Crippen LogP contribution in [0.15, 0.2) is 0 Å². The van der Waals surface area contributed by atoms with Gasteiger partial charge in [-0.3, -0.25) is 15.0 Å². The van der Waals surface area contributed by atoms with Gasteiger partial charge in [0.2, 0.25) is 11.8 Å². The zero-order valence-electron chi connectivity index (χ0n) is 31.9. The predicted octanol–water partition coefficient (Wildman–Crippen LogP) is 11.0. The highest BCUT2D eigenvalue weighted by atomic mass is 35.5. The summed E-state index contributed by atoms with van der Waals surface area (Å²) in [5.74, 6) is -0.193. The van der Waals surface area contributed by atoms with Gasteiger partial charge in [0.15, 0.2) is 5.96 Å². The number of hydrogen-bond donors (Lipinski definition) is 5. The minimum absolute atomic E-state index is 0. The second-order valence-corrected chi connectivity index (χ2v) is 14.2. The van der Waals surface area contributed by atoms with Gasteiger partial charge < -0.3 is 21.7 Å². The Kier molecular flexibility index (Phi) is 40.4. The van der Waals surface area contributed by atoms with Crippen LogP contribution >= 0.6 is 12.4 Å². The lowest BCUT2D eigenvalue weighted by Gasteiger charge is -2.19. The van der Waals surface area contributed by atoms with E-state index < -0.39 is 6.04 Å². The number of carbonyl (C=O) groups excluding carboxylic acids is 2. The van der Waals surface area contributed by atoms with Gasteiger partial charge >= 0.3 is 0 Å². The van der Waals surface area contributed by atoms with Crippen LogP contribution in [0, 0.1) is 5.41 Å². The molecule has 1 atom stereocenters. The highest BCUT2D eigenvalue weighted by molar-refractivity contribution is 5.87. The van der Waals surface area contributed by atoms with Crippen LogP contribution in [0.25, 0.3) is 0 Å². The summed E-state index contributed by atoms with van der Waals surface area (Å²) < 4.78 is 0. The van der Waals surface area contributed by atoms with Crippen molar-refractivity contribution in [1.82, 2.24) is 16.0 Å². The van der Waals surface area contributed by atoms with Crippen LogP contribution in [0.3, 0.4) is 0 Å². The van der Waals surface area contributed by atoms with Gasteiger partial charge in [-0.1, -0.05) is 187 Å². The molecule has 0 aliphatic heterocycles. The van der Waals surface area contributed by atoms with Gasteiger partial charge in [0.25, 0.3) is 0 Å². The van der Waals surface area contributed by atoms with Crippen molar-refractivity contribution in [2.75, 3.05) is 13.1 Å². The highest BCUT2D eigenvalue weighted by Gasteiger charge is 2.20. The standard InChI is InChI=1S/C40H81N5O2.ClH/c1-3-5-7-9-11-13-15-16-17-18-19-20-21-22-23-24-26-28-30-34-38(46)45-37(33-32-36-44-40(41)42)39(47)43-35-31-29-27-25-14-12-10-8-6-4-2;/h37H,3-36H2,1-2H3,(H,43,47)(H,45,46)(H4,41,42,44);1H/t37-;/m0./s1. The van der Waals surface area contributed by atoms with E-state index in [1.54, 1.807) is 0 Å². The van der Waals surface area contributed by atoms with Crippen LogP contribution in [0.1, 0.15) is 219 Å². The van der Waals surface area contributed by atoms with Crippen LogP contribution in [0.2, 0.25) is 0 Å². The van der Waals surface area contributed by atoms with Gasteiger partial charge in [0.1, 0.15) is 6.04 Å². The molecule has 6 N–H and O–H groups in total. The smallest absolute Gasteiger partial charge is 0.242 e. The average Bonchev–Trinajstić information content (AvgIpc) is 3.05. The summed E-state index contributed by atoms with van der Waals surface area (Å²) in [6, 6.07) is -0.528. The molecule has 0 fully saturated rings. The van der Waals surface area contributed by atoms with Gasteiger partial charge in [-0.25, -0.2) is 0 Å². The summed E-state index contributed by atoms with van der Waals surface area (Å²) in [5, 5.41) is 16.2. The Morgan fingerprint density at radius 2 is 0.833 bits per heavy atom. The maximum Gasteiger partial charge on any atom is 0.242 e. The third-order valence-corrected chi connectivity index (χ3v) is 9.47. The minimum atomic E-state index is -0.528. The molecule has 0 saturated heterocycles. The number of halogens is 1. The minimum Gasteiger partial charge on any atom is -0.370 e. The molecule has 48 heavy (non-hydrogen) atoms. The lowest BCUT2D eigenvalue weighted by molar-refractivity contribution is -0.129. The molecule has 2 amide bonds. The van der Waals surface area contributed by atoms with E-state index in [0.717, 1.165) is 25.7 Å². The molecule has 0 bridgehead atoms. The van der Waals surface area contributed by atoms with E-state index in [9.17, 15) is 9.59 Å². The molecule has 0 aromatic rings. The zero-order valence-corrected chi connectivity index (χ0v) is 32.7. The number of nitrogens with two attached hydrogens (primary N) is 1. The van der Waals surface area contributed by atoms with E-state index >= 15 is 0 Å². The average molecular weight is 701 g/mol. The maximum absolute atomic E-state index is 12.9. The third-order valence-electron chi connectivity index (χ3n) is 9.47. The molecule has 0 rings (SSSR count). The number of carbonyl (C=O) groups is 2. The quantitative estimate of drug-likeness (QED) is 0.0252. The monoisotopic (exact) mass is 700 g/mol. The molecule has 8 heteroatoms. The van der Waals surface area contributed by atoms with Crippen LogP contribution in [0.5, 0.6) is 0 Å².